The number of carbonyl (C=O) groups is 1. The van der Waals surface area contributed by atoms with Gasteiger partial charge in [0.2, 0.25) is 5.91 Å². The van der Waals surface area contributed by atoms with Gasteiger partial charge in [-0.3, -0.25) is 4.79 Å². The molecule has 0 bridgehead atoms. The topological polar surface area (TPSA) is 51.2 Å². The molecule has 0 saturated heterocycles. The minimum atomic E-state index is -0.0513. The van der Waals surface area contributed by atoms with E-state index >= 15 is 0 Å². The standard InChI is InChI=1S/C17H16N2O2S2/c1-11-5-6-15(21-2)13(8-11)14-10-23-17(18-14)19-16(20)9-12-4-3-7-22-12/h3-8,10H,9H2,1-2H3,(H,18,19,20). The second-order valence-corrected chi connectivity index (χ2v) is 6.94. The zero-order valence-corrected chi connectivity index (χ0v) is 14.5. The van der Waals surface area contributed by atoms with E-state index in [0.29, 0.717) is 11.6 Å². The van der Waals surface area contributed by atoms with Gasteiger partial charge in [-0.1, -0.05) is 17.7 Å². The summed E-state index contributed by atoms with van der Waals surface area (Å²) in [5.41, 5.74) is 2.88. The van der Waals surface area contributed by atoms with Crippen molar-refractivity contribution in [3.63, 3.8) is 0 Å². The number of amides is 1. The third-order valence-corrected chi connectivity index (χ3v) is 4.93. The molecule has 1 amide bonds. The number of anilines is 1. The highest BCUT2D eigenvalue weighted by atomic mass is 32.1. The van der Waals surface area contributed by atoms with Gasteiger partial charge in [-0.2, -0.15) is 0 Å². The molecule has 0 atom stereocenters. The van der Waals surface area contributed by atoms with E-state index in [0.717, 1.165) is 27.4 Å². The van der Waals surface area contributed by atoms with E-state index in [4.69, 9.17) is 4.74 Å². The summed E-state index contributed by atoms with van der Waals surface area (Å²) in [6, 6.07) is 9.86. The summed E-state index contributed by atoms with van der Waals surface area (Å²) in [5, 5.41) is 7.35. The molecule has 0 unspecified atom stereocenters. The largest absolute Gasteiger partial charge is 0.496 e. The Balaban J connectivity index is 1.75. The molecule has 0 aliphatic carbocycles. The van der Waals surface area contributed by atoms with Gasteiger partial charge < -0.3 is 10.1 Å². The van der Waals surface area contributed by atoms with E-state index in [9.17, 15) is 4.79 Å². The Bertz CT molecular complexity index is 810. The maximum Gasteiger partial charge on any atom is 0.231 e. The Kier molecular flexibility index (Phi) is 4.73. The van der Waals surface area contributed by atoms with E-state index in [2.05, 4.69) is 10.3 Å². The van der Waals surface area contributed by atoms with Crippen LogP contribution in [0.4, 0.5) is 5.13 Å². The monoisotopic (exact) mass is 344 g/mol. The molecular formula is C17H16N2O2S2. The van der Waals surface area contributed by atoms with Crippen molar-refractivity contribution in [1.29, 1.82) is 0 Å². The molecule has 4 nitrogen and oxygen atoms in total. The van der Waals surface area contributed by atoms with Gasteiger partial charge in [0.1, 0.15) is 5.75 Å². The molecule has 2 heterocycles. The van der Waals surface area contributed by atoms with Gasteiger partial charge in [0.15, 0.2) is 5.13 Å². The third kappa shape index (κ3) is 3.78. The minimum Gasteiger partial charge on any atom is -0.496 e. The number of aryl methyl sites for hydroxylation is 1. The summed E-state index contributed by atoms with van der Waals surface area (Å²) in [4.78, 5) is 17.6. The first-order valence-corrected chi connectivity index (χ1v) is 8.84. The lowest BCUT2D eigenvalue weighted by Gasteiger charge is -2.07. The molecular weight excluding hydrogens is 328 g/mol. The number of hydrogen-bond acceptors (Lipinski definition) is 5. The van der Waals surface area contributed by atoms with Crippen molar-refractivity contribution < 1.29 is 9.53 Å². The summed E-state index contributed by atoms with van der Waals surface area (Å²) in [7, 11) is 1.64. The molecule has 1 aromatic carbocycles. The molecule has 0 aliphatic rings. The van der Waals surface area contributed by atoms with E-state index in [1.807, 2.05) is 48.0 Å². The van der Waals surface area contributed by atoms with Crippen molar-refractivity contribution in [2.75, 3.05) is 12.4 Å². The van der Waals surface area contributed by atoms with Crippen LogP contribution in [0, 0.1) is 6.92 Å². The Morgan fingerprint density at radius 3 is 2.91 bits per heavy atom. The zero-order chi connectivity index (χ0) is 16.2. The number of ether oxygens (including phenoxy) is 1. The zero-order valence-electron chi connectivity index (χ0n) is 12.8. The van der Waals surface area contributed by atoms with Crippen LogP contribution in [-0.4, -0.2) is 18.0 Å². The number of benzene rings is 1. The first-order chi connectivity index (χ1) is 11.2. The fourth-order valence-electron chi connectivity index (χ4n) is 2.21. The fraction of sp³-hybridized carbons (Fsp3) is 0.176. The van der Waals surface area contributed by atoms with Crippen molar-refractivity contribution in [3.05, 3.63) is 51.5 Å². The van der Waals surface area contributed by atoms with Gasteiger partial charge in [-0.15, -0.1) is 22.7 Å². The number of hydrogen-bond donors (Lipinski definition) is 1. The van der Waals surface area contributed by atoms with E-state index < -0.39 is 0 Å². The van der Waals surface area contributed by atoms with Gasteiger partial charge in [-0.25, -0.2) is 4.98 Å². The highest BCUT2D eigenvalue weighted by Crippen LogP contribution is 2.33. The lowest BCUT2D eigenvalue weighted by Crippen LogP contribution is -2.13. The highest BCUT2D eigenvalue weighted by Gasteiger charge is 2.12. The summed E-state index contributed by atoms with van der Waals surface area (Å²) in [6.45, 7) is 2.03. The molecule has 1 N–H and O–H groups in total. The number of nitrogens with zero attached hydrogens (tertiary/aromatic N) is 1. The van der Waals surface area contributed by atoms with Crippen LogP contribution in [-0.2, 0) is 11.2 Å². The van der Waals surface area contributed by atoms with Crippen LogP contribution in [0.2, 0.25) is 0 Å². The first kappa shape index (κ1) is 15.7. The van der Waals surface area contributed by atoms with E-state index in [-0.39, 0.29) is 5.91 Å². The third-order valence-electron chi connectivity index (χ3n) is 3.30. The maximum absolute atomic E-state index is 12.0. The van der Waals surface area contributed by atoms with Crippen LogP contribution in [0.3, 0.4) is 0 Å². The SMILES string of the molecule is COc1ccc(C)cc1-c1csc(NC(=O)Cc2cccs2)n1. The highest BCUT2D eigenvalue weighted by molar-refractivity contribution is 7.14. The van der Waals surface area contributed by atoms with Crippen molar-refractivity contribution >= 4 is 33.7 Å². The van der Waals surface area contributed by atoms with Gasteiger partial charge in [0.25, 0.3) is 0 Å². The smallest absolute Gasteiger partial charge is 0.231 e. The summed E-state index contributed by atoms with van der Waals surface area (Å²) >= 11 is 2.99. The van der Waals surface area contributed by atoms with Gasteiger partial charge in [0.05, 0.1) is 19.2 Å². The number of thiazole rings is 1. The lowest BCUT2D eigenvalue weighted by molar-refractivity contribution is -0.115. The summed E-state index contributed by atoms with van der Waals surface area (Å²) < 4.78 is 5.39. The van der Waals surface area contributed by atoms with Crippen LogP contribution in [0.15, 0.2) is 41.1 Å². The number of methoxy groups -OCH3 is 1. The Morgan fingerprint density at radius 2 is 2.17 bits per heavy atom. The molecule has 0 saturated carbocycles. The Morgan fingerprint density at radius 1 is 1.30 bits per heavy atom. The molecule has 23 heavy (non-hydrogen) atoms. The van der Waals surface area contributed by atoms with Crippen LogP contribution < -0.4 is 10.1 Å². The number of rotatable bonds is 5. The lowest BCUT2D eigenvalue weighted by atomic mass is 10.1. The fourth-order valence-corrected chi connectivity index (χ4v) is 3.64. The Labute approximate surface area is 142 Å². The number of carbonyl (C=O) groups excluding carboxylic acids is 1. The van der Waals surface area contributed by atoms with Crippen LogP contribution in [0.5, 0.6) is 5.75 Å². The number of nitrogens with one attached hydrogen (secondary N) is 1. The summed E-state index contributed by atoms with van der Waals surface area (Å²) in [5.74, 6) is 0.724. The molecule has 118 valence electrons. The summed E-state index contributed by atoms with van der Waals surface area (Å²) in [6.07, 6.45) is 0.375. The first-order valence-electron chi connectivity index (χ1n) is 7.08. The van der Waals surface area contributed by atoms with Gasteiger partial charge in [-0.05, 0) is 30.5 Å². The van der Waals surface area contributed by atoms with Crippen LogP contribution >= 0.6 is 22.7 Å². The predicted molar refractivity (Wildman–Crippen MR) is 95.5 cm³/mol. The second kappa shape index (κ2) is 6.93. The molecule has 3 aromatic rings. The van der Waals surface area contributed by atoms with E-state index in [1.165, 1.54) is 11.3 Å². The van der Waals surface area contributed by atoms with Crippen molar-refractivity contribution in [2.24, 2.45) is 0 Å². The van der Waals surface area contributed by atoms with Gasteiger partial charge in [0, 0.05) is 15.8 Å². The molecule has 0 radical (unpaired) electrons. The van der Waals surface area contributed by atoms with Crippen molar-refractivity contribution in [2.45, 2.75) is 13.3 Å². The van der Waals surface area contributed by atoms with Crippen LogP contribution in [0.1, 0.15) is 10.4 Å². The second-order valence-electron chi connectivity index (χ2n) is 5.05. The number of thiophene rings is 1. The molecule has 0 spiro atoms. The predicted octanol–water partition coefficient (Wildman–Crippen LogP) is 4.37. The normalized spacial score (nSPS) is 10.5. The molecule has 3 rings (SSSR count). The van der Waals surface area contributed by atoms with Crippen molar-refractivity contribution in [3.8, 4) is 17.0 Å². The average molecular weight is 344 g/mol. The van der Waals surface area contributed by atoms with Gasteiger partial charge >= 0.3 is 0 Å². The van der Waals surface area contributed by atoms with E-state index in [1.54, 1.807) is 18.4 Å². The average Bonchev–Trinajstić information content (AvgIpc) is 3.19. The minimum absolute atomic E-state index is 0.0513. The maximum atomic E-state index is 12.0. The molecule has 6 heteroatoms. The van der Waals surface area contributed by atoms with Crippen molar-refractivity contribution in [1.82, 2.24) is 4.98 Å². The molecule has 0 fully saturated rings. The van der Waals surface area contributed by atoms with Crippen LogP contribution in [0.25, 0.3) is 11.3 Å². The molecule has 0 aliphatic heterocycles. The molecule has 2 aromatic heterocycles. The Hall–Kier alpha value is -2.18. The quantitative estimate of drug-likeness (QED) is 0.748. The number of aromatic nitrogens is 1.